The van der Waals surface area contributed by atoms with Crippen LogP contribution >= 0.6 is 22.6 Å². The van der Waals surface area contributed by atoms with Gasteiger partial charge in [-0.15, -0.1) is 0 Å². The molecule has 17 heavy (non-hydrogen) atoms. The van der Waals surface area contributed by atoms with Crippen LogP contribution < -0.4 is 5.73 Å². The summed E-state index contributed by atoms with van der Waals surface area (Å²) < 4.78 is 1.26. The Balaban J connectivity index is 2.44. The summed E-state index contributed by atoms with van der Waals surface area (Å²) in [5.41, 5.74) is 12.3. The highest BCUT2D eigenvalue weighted by molar-refractivity contribution is 14.1. The van der Waals surface area contributed by atoms with Crippen molar-refractivity contribution >= 4 is 28.3 Å². The molecule has 0 saturated carbocycles. The van der Waals surface area contributed by atoms with E-state index in [1.54, 1.807) is 0 Å². The molecule has 0 bridgehead atoms. The summed E-state index contributed by atoms with van der Waals surface area (Å²) in [5.74, 6) is 0. The van der Waals surface area contributed by atoms with Crippen LogP contribution in [0.3, 0.4) is 0 Å². The average Bonchev–Trinajstić information content (AvgIpc) is 2.49. The fourth-order valence-electron chi connectivity index (χ4n) is 2.87. The number of hydrogen-bond donors (Lipinski definition) is 1. The summed E-state index contributed by atoms with van der Waals surface area (Å²) in [7, 11) is 0. The minimum absolute atomic E-state index is 0.0795. The molecule has 1 nitrogen and oxygen atoms in total. The van der Waals surface area contributed by atoms with Gasteiger partial charge in [0.15, 0.2) is 0 Å². The zero-order chi connectivity index (χ0) is 12.2. The van der Waals surface area contributed by atoms with Gasteiger partial charge in [0.25, 0.3) is 0 Å². The maximum atomic E-state index is 5.97. The molecule has 0 aromatic heterocycles. The largest absolute Gasteiger partial charge is 0.399 e. The Morgan fingerprint density at radius 3 is 2.53 bits per heavy atom. The Labute approximate surface area is 115 Å². The molecular weight excluding hydrogens is 321 g/mol. The van der Waals surface area contributed by atoms with E-state index in [0.29, 0.717) is 0 Å². The number of benzene rings is 2. The van der Waals surface area contributed by atoms with Crippen molar-refractivity contribution in [1.82, 2.24) is 0 Å². The molecule has 0 atom stereocenters. The minimum Gasteiger partial charge on any atom is -0.399 e. The van der Waals surface area contributed by atoms with Gasteiger partial charge in [0.05, 0.1) is 0 Å². The SMILES string of the molecule is CC1(C)c2ccccc2-c2cc(N)cc(I)c21. The lowest BCUT2D eigenvalue weighted by Gasteiger charge is -2.22. The molecule has 1 aliphatic carbocycles. The van der Waals surface area contributed by atoms with E-state index < -0.39 is 0 Å². The molecule has 0 fully saturated rings. The molecule has 1 aliphatic rings. The standard InChI is InChI=1S/C15H14IN/c1-15(2)12-6-4-3-5-10(12)11-7-9(17)8-13(16)14(11)15/h3-8H,17H2,1-2H3. The van der Waals surface area contributed by atoms with Crippen LogP contribution in [0.2, 0.25) is 0 Å². The van der Waals surface area contributed by atoms with E-state index in [1.165, 1.54) is 25.8 Å². The molecule has 86 valence electrons. The Bertz CT molecular complexity index is 614. The molecule has 0 saturated heterocycles. The van der Waals surface area contributed by atoms with Gasteiger partial charge in [0, 0.05) is 14.7 Å². The average molecular weight is 335 g/mol. The smallest absolute Gasteiger partial charge is 0.0331 e. The third-order valence-corrected chi connectivity index (χ3v) is 4.48. The molecule has 0 amide bonds. The molecule has 0 spiro atoms. The van der Waals surface area contributed by atoms with E-state index in [1.807, 2.05) is 0 Å². The highest BCUT2D eigenvalue weighted by Gasteiger charge is 2.36. The first kappa shape index (κ1) is 11.1. The van der Waals surface area contributed by atoms with E-state index in [4.69, 9.17) is 5.73 Å². The normalized spacial score (nSPS) is 15.5. The van der Waals surface area contributed by atoms with E-state index in [0.717, 1.165) is 5.69 Å². The van der Waals surface area contributed by atoms with Crippen LogP contribution in [0.25, 0.3) is 11.1 Å². The van der Waals surface area contributed by atoms with Crippen molar-refractivity contribution in [3.05, 3.63) is 51.1 Å². The Hall–Kier alpha value is -1.03. The van der Waals surface area contributed by atoms with Gasteiger partial charge in [-0.3, -0.25) is 0 Å². The van der Waals surface area contributed by atoms with Crippen LogP contribution in [0.15, 0.2) is 36.4 Å². The monoisotopic (exact) mass is 335 g/mol. The third kappa shape index (κ3) is 1.43. The molecule has 2 N–H and O–H groups in total. The van der Waals surface area contributed by atoms with Crippen molar-refractivity contribution in [2.45, 2.75) is 19.3 Å². The van der Waals surface area contributed by atoms with Crippen LogP contribution in [0.1, 0.15) is 25.0 Å². The van der Waals surface area contributed by atoms with Gasteiger partial charge >= 0.3 is 0 Å². The van der Waals surface area contributed by atoms with Crippen LogP contribution in [-0.2, 0) is 5.41 Å². The Morgan fingerprint density at radius 1 is 1.06 bits per heavy atom. The quantitative estimate of drug-likeness (QED) is 0.567. The highest BCUT2D eigenvalue weighted by atomic mass is 127. The van der Waals surface area contributed by atoms with Crippen molar-refractivity contribution in [3.8, 4) is 11.1 Å². The number of nitrogen functional groups attached to an aromatic ring is 1. The van der Waals surface area contributed by atoms with Gasteiger partial charge in [-0.05, 0) is 57.0 Å². The fourth-order valence-corrected chi connectivity index (χ4v) is 4.20. The topological polar surface area (TPSA) is 26.0 Å². The first-order valence-corrected chi connectivity index (χ1v) is 6.79. The van der Waals surface area contributed by atoms with E-state index in [2.05, 4.69) is 72.8 Å². The highest BCUT2D eigenvalue weighted by Crippen LogP contribution is 2.50. The van der Waals surface area contributed by atoms with Crippen molar-refractivity contribution in [2.24, 2.45) is 0 Å². The number of nitrogens with two attached hydrogens (primary N) is 1. The van der Waals surface area contributed by atoms with E-state index >= 15 is 0 Å². The summed E-state index contributed by atoms with van der Waals surface area (Å²) in [6.45, 7) is 4.58. The number of hydrogen-bond acceptors (Lipinski definition) is 1. The van der Waals surface area contributed by atoms with Gasteiger partial charge in [0.2, 0.25) is 0 Å². The zero-order valence-electron chi connectivity index (χ0n) is 9.92. The summed E-state index contributed by atoms with van der Waals surface area (Å²) in [6.07, 6.45) is 0. The molecular formula is C15H14IN. The lowest BCUT2D eigenvalue weighted by Crippen LogP contribution is -2.16. The van der Waals surface area contributed by atoms with Gasteiger partial charge < -0.3 is 5.73 Å². The third-order valence-electron chi connectivity index (χ3n) is 3.63. The molecule has 0 radical (unpaired) electrons. The van der Waals surface area contributed by atoms with Crippen molar-refractivity contribution < 1.29 is 0 Å². The number of rotatable bonds is 0. The number of fused-ring (bicyclic) bond motifs is 3. The lowest BCUT2D eigenvalue weighted by atomic mass is 9.82. The fraction of sp³-hybridized carbons (Fsp3) is 0.200. The van der Waals surface area contributed by atoms with Crippen LogP contribution in [0.4, 0.5) is 5.69 Å². The second-order valence-corrected chi connectivity index (χ2v) is 6.26. The predicted molar refractivity (Wildman–Crippen MR) is 81.1 cm³/mol. The molecule has 3 rings (SSSR count). The van der Waals surface area contributed by atoms with Crippen molar-refractivity contribution in [2.75, 3.05) is 5.73 Å². The van der Waals surface area contributed by atoms with E-state index in [-0.39, 0.29) is 5.41 Å². The molecule has 0 aliphatic heterocycles. The molecule has 0 unspecified atom stereocenters. The Morgan fingerprint density at radius 2 is 1.76 bits per heavy atom. The second-order valence-electron chi connectivity index (χ2n) is 5.10. The summed E-state index contributed by atoms with van der Waals surface area (Å²) >= 11 is 2.40. The molecule has 0 heterocycles. The number of anilines is 1. The molecule has 2 aromatic rings. The van der Waals surface area contributed by atoms with Gasteiger partial charge in [-0.2, -0.15) is 0 Å². The van der Waals surface area contributed by atoms with Crippen LogP contribution in [0, 0.1) is 3.57 Å². The van der Waals surface area contributed by atoms with Crippen molar-refractivity contribution in [3.63, 3.8) is 0 Å². The maximum Gasteiger partial charge on any atom is 0.0331 e. The molecule has 2 aromatic carbocycles. The number of halogens is 1. The summed E-state index contributed by atoms with van der Waals surface area (Å²) in [4.78, 5) is 0. The molecule has 2 heteroatoms. The lowest BCUT2D eigenvalue weighted by molar-refractivity contribution is 0.657. The summed E-state index contributed by atoms with van der Waals surface area (Å²) in [6, 6.07) is 12.8. The first-order chi connectivity index (χ1) is 8.01. The summed E-state index contributed by atoms with van der Waals surface area (Å²) in [5, 5.41) is 0. The Kier molecular flexibility index (Phi) is 2.27. The van der Waals surface area contributed by atoms with Gasteiger partial charge in [-0.25, -0.2) is 0 Å². The zero-order valence-corrected chi connectivity index (χ0v) is 12.1. The van der Waals surface area contributed by atoms with Gasteiger partial charge in [0.1, 0.15) is 0 Å². The van der Waals surface area contributed by atoms with Gasteiger partial charge in [-0.1, -0.05) is 38.1 Å². The second kappa shape index (κ2) is 3.48. The van der Waals surface area contributed by atoms with Crippen molar-refractivity contribution in [1.29, 1.82) is 0 Å². The first-order valence-electron chi connectivity index (χ1n) is 5.71. The predicted octanol–water partition coefficient (Wildman–Crippen LogP) is 4.18. The van der Waals surface area contributed by atoms with E-state index in [9.17, 15) is 0 Å². The van der Waals surface area contributed by atoms with Crippen LogP contribution in [-0.4, -0.2) is 0 Å². The maximum absolute atomic E-state index is 5.97. The van der Waals surface area contributed by atoms with Crippen LogP contribution in [0.5, 0.6) is 0 Å². The minimum atomic E-state index is 0.0795.